The van der Waals surface area contributed by atoms with Crippen LogP contribution < -0.4 is 5.32 Å². The molecule has 2 aliphatic rings. The number of ether oxygens (including phenoxy) is 1. The lowest BCUT2D eigenvalue weighted by Crippen LogP contribution is -2.51. The van der Waals surface area contributed by atoms with Crippen LogP contribution in [0.15, 0.2) is 24.5 Å². The number of nitrogens with one attached hydrogen (secondary N) is 1. The molecule has 2 saturated heterocycles. The van der Waals surface area contributed by atoms with Crippen LogP contribution in [0.5, 0.6) is 0 Å². The molecule has 0 bridgehead atoms. The third-order valence-corrected chi connectivity index (χ3v) is 6.05. The monoisotopic (exact) mass is 395 g/mol. The fourth-order valence-corrected chi connectivity index (χ4v) is 4.20. The largest absolute Gasteiger partial charge is 0.377 e. The topological polar surface area (TPSA) is 106 Å². The fourth-order valence-electron chi connectivity index (χ4n) is 3.65. The van der Waals surface area contributed by atoms with Gasteiger partial charge in [-0.2, -0.15) is 0 Å². The summed E-state index contributed by atoms with van der Waals surface area (Å²) in [4.78, 5) is 30.5. The van der Waals surface area contributed by atoms with Gasteiger partial charge in [0.1, 0.15) is 9.84 Å². The Morgan fingerprint density at radius 2 is 2.22 bits per heavy atom. The van der Waals surface area contributed by atoms with Crippen molar-refractivity contribution >= 4 is 27.3 Å². The molecule has 2 aliphatic heterocycles. The van der Waals surface area contributed by atoms with Gasteiger partial charge >= 0.3 is 0 Å². The zero-order valence-corrected chi connectivity index (χ0v) is 16.2. The van der Waals surface area contributed by atoms with Gasteiger partial charge in [0.15, 0.2) is 0 Å². The molecule has 9 heteroatoms. The number of amides is 2. The van der Waals surface area contributed by atoms with E-state index in [1.54, 1.807) is 29.4 Å². The lowest BCUT2D eigenvalue weighted by molar-refractivity contribution is -0.144. The summed E-state index contributed by atoms with van der Waals surface area (Å²) < 4.78 is 28.4. The minimum Gasteiger partial charge on any atom is -0.377 e. The number of fused-ring (bicyclic) bond motifs is 1. The maximum Gasteiger partial charge on any atom is 0.229 e. The Bertz CT molecular complexity index is 783. The average Bonchev–Trinajstić information content (AvgIpc) is 2.65. The van der Waals surface area contributed by atoms with Crippen LogP contribution in [-0.2, 0) is 24.2 Å². The van der Waals surface area contributed by atoms with E-state index in [2.05, 4.69) is 10.3 Å². The van der Waals surface area contributed by atoms with Gasteiger partial charge in [0.25, 0.3) is 0 Å². The summed E-state index contributed by atoms with van der Waals surface area (Å²) in [6, 6.07) is 3.53. The summed E-state index contributed by atoms with van der Waals surface area (Å²) in [6.07, 6.45) is 5.77. The van der Waals surface area contributed by atoms with Crippen LogP contribution in [0.25, 0.3) is 0 Å². The number of hydrogen-bond acceptors (Lipinski definition) is 6. The highest BCUT2D eigenvalue weighted by molar-refractivity contribution is 7.90. The first-order valence-corrected chi connectivity index (χ1v) is 11.2. The summed E-state index contributed by atoms with van der Waals surface area (Å²) >= 11 is 0. The molecule has 0 saturated carbocycles. The quantitative estimate of drug-likeness (QED) is 0.787. The zero-order chi connectivity index (χ0) is 19.4. The second-order valence-corrected chi connectivity index (χ2v) is 9.56. The van der Waals surface area contributed by atoms with Gasteiger partial charge in [0.2, 0.25) is 11.8 Å². The highest BCUT2D eigenvalue weighted by Crippen LogP contribution is 2.32. The first kappa shape index (κ1) is 19.8. The van der Waals surface area contributed by atoms with Gasteiger partial charge in [-0.25, -0.2) is 8.42 Å². The first-order valence-electron chi connectivity index (χ1n) is 9.10. The number of sulfone groups is 1. The average molecular weight is 395 g/mol. The van der Waals surface area contributed by atoms with Crippen molar-refractivity contribution in [2.24, 2.45) is 11.8 Å². The summed E-state index contributed by atoms with van der Waals surface area (Å²) in [5, 5.41) is 2.85. The van der Waals surface area contributed by atoms with Gasteiger partial charge in [-0.05, 0) is 25.0 Å². The molecule has 148 valence electrons. The van der Waals surface area contributed by atoms with Crippen LogP contribution in [0.1, 0.15) is 19.3 Å². The molecule has 27 heavy (non-hydrogen) atoms. The van der Waals surface area contributed by atoms with Crippen molar-refractivity contribution in [3.63, 3.8) is 0 Å². The van der Waals surface area contributed by atoms with Gasteiger partial charge in [0.05, 0.1) is 36.3 Å². The predicted molar refractivity (Wildman–Crippen MR) is 99.7 cm³/mol. The van der Waals surface area contributed by atoms with E-state index in [1.165, 1.54) is 0 Å². The lowest BCUT2D eigenvalue weighted by atomic mass is 9.83. The number of carbonyl (C=O) groups excluding carboxylic acids is 2. The molecule has 3 rings (SSSR count). The fraction of sp³-hybridized carbons (Fsp3) is 0.611. The van der Waals surface area contributed by atoms with E-state index in [9.17, 15) is 18.0 Å². The Kier molecular flexibility index (Phi) is 6.11. The van der Waals surface area contributed by atoms with Crippen LogP contribution >= 0.6 is 0 Å². The smallest absolute Gasteiger partial charge is 0.229 e. The molecule has 0 aliphatic carbocycles. The van der Waals surface area contributed by atoms with Gasteiger partial charge < -0.3 is 15.0 Å². The molecule has 0 radical (unpaired) electrons. The number of aromatic nitrogens is 1. The molecule has 0 spiro atoms. The maximum atomic E-state index is 12.5. The van der Waals surface area contributed by atoms with Crippen LogP contribution in [0.4, 0.5) is 5.69 Å². The molecule has 3 atom stereocenters. The van der Waals surface area contributed by atoms with Gasteiger partial charge in [-0.1, -0.05) is 0 Å². The van der Waals surface area contributed by atoms with Crippen LogP contribution in [0, 0.1) is 11.8 Å². The molecule has 0 unspecified atom stereocenters. The Balaban J connectivity index is 1.55. The second-order valence-electron chi connectivity index (χ2n) is 7.30. The number of pyridine rings is 1. The summed E-state index contributed by atoms with van der Waals surface area (Å²) in [6.45, 7) is 1.44. The van der Waals surface area contributed by atoms with E-state index >= 15 is 0 Å². The number of nitrogens with zero attached hydrogens (tertiary/aromatic N) is 2. The van der Waals surface area contributed by atoms with Crippen LogP contribution in [0.3, 0.4) is 0 Å². The van der Waals surface area contributed by atoms with Crippen molar-refractivity contribution in [3.05, 3.63) is 24.5 Å². The standard InChI is InChI=1S/C18H25N3O5S/c1-27(24,25)8-5-17(22)21-7-4-16-13(11-21)9-14(12-26-16)18(23)20-15-3-2-6-19-10-15/h2-3,6,10,13-14,16H,4-5,7-9,11-12H2,1H3,(H,20,23)/t13-,14-,16+/m0/s1. The van der Waals surface area contributed by atoms with E-state index < -0.39 is 9.84 Å². The molecular formula is C18H25N3O5S. The molecule has 2 fully saturated rings. The Morgan fingerprint density at radius 3 is 2.93 bits per heavy atom. The number of likely N-dealkylation sites (tertiary alicyclic amines) is 1. The molecule has 1 aromatic heterocycles. The third-order valence-electron chi connectivity index (χ3n) is 5.10. The molecule has 2 amide bonds. The van der Waals surface area contributed by atoms with E-state index in [0.717, 1.165) is 6.26 Å². The Hall–Kier alpha value is -2.00. The molecule has 0 aromatic carbocycles. The molecular weight excluding hydrogens is 370 g/mol. The SMILES string of the molecule is CS(=O)(=O)CCC(=O)N1CC[C@H]2OC[C@@H](C(=O)Nc3cccnc3)C[C@H]2C1. The van der Waals surface area contributed by atoms with E-state index in [0.29, 0.717) is 38.2 Å². The molecule has 8 nitrogen and oxygen atoms in total. The number of rotatable bonds is 5. The van der Waals surface area contributed by atoms with Crippen molar-refractivity contribution in [1.29, 1.82) is 0 Å². The van der Waals surface area contributed by atoms with Crippen molar-refractivity contribution in [1.82, 2.24) is 9.88 Å². The third kappa shape index (κ3) is 5.49. The highest BCUT2D eigenvalue weighted by Gasteiger charge is 2.39. The van der Waals surface area contributed by atoms with E-state index in [1.807, 2.05) is 0 Å². The van der Waals surface area contributed by atoms with Gasteiger partial charge in [-0.3, -0.25) is 14.6 Å². The Labute approximate surface area is 159 Å². The number of piperidine rings is 1. The minimum absolute atomic E-state index is 0.00198. The minimum atomic E-state index is -3.16. The summed E-state index contributed by atoms with van der Waals surface area (Å²) in [7, 11) is -3.16. The van der Waals surface area contributed by atoms with Crippen molar-refractivity contribution in [2.75, 3.05) is 37.0 Å². The lowest BCUT2D eigenvalue weighted by Gasteiger charge is -2.43. The van der Waals surface area contributed by atoms with Gasteiger partial charge in [0, 0.05) is 37.9 Å². The van der Waals surface area contributed by atoms with E-state index in [4.69, 9.17) is 4.74 Å². The predicted octanol–water partition coefficient (Wildman–Crippen LogP) is 0.708. The van der Waals surface area contributed by atoms with Crippen LogP contribution in [-0.4, -0.2) is 67.9 Å². The molecule has 3 heterocycles. The number of anilines is 1. The van der Waals surface area contributed by atoms with Crippen molar-refractivity contribution < 1.29 is 22.7 Å². The number of carbonyl (C=O) groups is 2. The second kappa shape index (κ2) is 8.35. The maximum absolute atomic E-state index is 12.5. The highest BCUT2D eigenvalue weighted by atomic mass is 32.2. The zero-order valence-electron chi connectivity index (χ0n) is 15.3. The number of hydrogen-bond donors (Lipinski definition) is 1. The first-order chi connectivity index (χ1) is 12.8. The van der Waals surface area contributed by atoms with Gasteiger partial charge in [-0.15, -0.1) is 0 Å². The summed E-state index contributed by atoms with van der Waals surface area (Å²) in [5.74, 6) is -0.595. The van der Waals surface area contributed by atoms with E-state index in [-0.39, 0.29) is 41.9 Å². The van der Waals surface area contributed by atoms with Crippen molar-refractivity contribution in [2.45, 2.75) is 25.4 Å². The molecule has 1 aromatic rings. The van der Waals surface area contributed by atoms with Crippen molar-refractivity contribution in [3.8, 4) is 0 Å². The summed E-state index contributed by atoms with van der Waals surface area (Å²) in [5.41, 5.74) is 0.644. The van der Waals surface area contributed by atoms with Crippen LogP contribution in [0.2, 0.25) is 0 Å². The Morgan fingerprint density at radius 1 is 1.41 bits per heavy atom. The normalized spacial score (nSPS) is 25.5. The molecule has 1 N–H and O–H groups in total.